The van der Waals surface area contributed by atoms with E-state index in [-0.39, 0.29) is 5.56 Å². The number of unbranched alkanes of at least 4 members (excludes halogenated alkanes) is 2. The largest absolute Gasteiger partial charge is 0.454 e. The Morgan fingerprint density at radius 1 is 0.778 bits per heavy atom. The van der Waals surface area contributed by atoms with Crippen molar-refractivity contribution in [2.45, 2.75) is 71.1 Å². The van der Waals surface area contributed by atoms with E-state index in [9.17, 15) is 22.0 Å². The summed E-state index contributed by atoms with van der Waals surface area (Å²) in [6.45, 7) is 3.77. The van der Waals surface area contributed by atoms with Crippen molar-refractivity contribution in [3.8, 4) is 22.6 Å². The van der Waals surface area contributed by atoms with Gasteiger partial charge in [0, 0.05) is 17.7 Å². The zero-order valence-electron chi connectivity index (χ0n) is 20.7. The average Bonchev–Trinajstić information content (AvgIpc) is 2.88. The number of halogens is 5. The van der Waals surface area contributed by atoms with Crippen molar-refractivity contribution < 1.29 is 26.7 Å². The molecule has 0 aromatic heterocycles. The highest BCUT2D eigenvalue weighted by molar-refractivity contribution is 5.70. The molecule has 0 spiro atoms. The number of ether oxygens (including phenoxy) is 1. The maximum Gasteiger partial charge on any atom is 0.201 e. The average molecular weight is 503 g/mol. The maximum atomic E-state index is 14.6. The Morgan fingerprint density at radius 3 is 2.00 bits per heavy atom. The van der Waals surface area contributed by atoms with Crippen LogP contribution in [-0.2, 0) is 0 Å². The summed E-state index contributed by atoms with van der Waals surface area (Å²) in [4.78, 5) is 0. The quantitative estimate of drug-likeness (QED) is 0.169. The van der Waals surface area contributed by atoms with E-state index < -0.39 is 40.6 Å². The molecule has 0 N–H and O–H groups in total. The molecule has 192 valence electrons. The van der Waals surface area contributed by atoms with E-state index in [1.165, 1.54) is 51.0 Å². The highest BCUT2D eigenvalue weighted by atomic mass is 19.2. The summed E-state index contributed by atoms with van der Waals surface area (Å²) in [6, 6.07) is 10.1. The lowest BCUT2D eigenvalue weighted by Crippen LogP contribution is -2.13. The van der Waals surface area contributed by atoms with Gasteiger partial charge in [-0.05, 0) is 67.2 Å². The lowest BCUT2D eigenvalue weighted by atomic mass is 9.77. The summed E-state index contributed by atoms with van der Waals surface area (Å²) in [5.74, 6) is -6.72. The number of hydrogen-bond acceptors (Lipinski definition) is 1. The molecule has 4 rings (SSSR count). The fourth-order valence-corrected chi connectivity index (χ4v) is 5.23. The molecule has 1 fully saturated rings. The van der Waals surface area contributed by atoms with Crippen LogP contribution in [0, 0.1) is 41.9 Å². The van der Waals surface area contributed by atoms with Gasteiger partial charge in [0.2, 0.25) is 5.82 Å². The normalized spacial score (nSPS) is 17.9. The van der Waals surface area contributed by atoms with Gasteiger partial charge in [0.15, 0.2) is 29.0 Å². The molecule has 3 aromatic carbocycles. The standard InChI is InChI=1S/C30H31F5O/c1-3-4-5-6-19-7-9-20(10-8-19)21-11-13-22(14-12-21)24-17-27(33)29(35)30(18(24)2)36-23-15-25(31)28(34)26(32)16-23/h11-17,19-20H,3-10H2,1-2H3/t19-,20-. The molecule has 1 saturated carbocycles. The lowest BCUT2D eigenvalue weighted by Gasteiger charge is -2.29. The molecule has 0 amide bonds. The maximum absolute atomic E-state index is 14.6. The van der Waals surface area contributed by atoms with Gasteiger partial charge in [0.1, 0.15) is 5.75 Å². The number of hydrogen-bond donors (Lipinski definition) is 0. The van der Waals surface area contributed by atoms with Gasteiger partial charge in [0.05, 0.1) is 0 Å². The van der Waals surface area contributed by atoms with Crippen LogP contribution < -0.4 is 4.74 Å². The molecule has 0 saturated heterocycles. The van der Waals surface area contributed by atoms with E-state index >= 15 is 0 Å². The van der Waals surface area contributed by atoms with E-state index in [4.69, 9.17) is 4.74 Å². The summed E-state index contributed by atoms with van der Waals surface area (Å²) in [6.07, 6.45) is 9.96. The third-order valence-corrected chi connectivity index (χ3v) is 7.36. The van der Waals surface area contributed by atoms with Crippen molar-refractivity contribution in [3.05, 3.63) is 82.7 Å². The minimum absolute atomic E-state index is 0.263. The Bertz CT molecular complexity index is 1170. The van der Waals surface area contributed by atoms with Gasteiger partial charge >= 0.3 is 0 Å². The molecule has 0 radical (unpaired) electrons. The molecule has 1 nitrogen and oxygen atoms in total. The Labute approximate surface area is 209 Å². The van der Waals surface area contributed by atoms with Crippen molar-refractivity contribution >= 4 is 0 Å². The molecule has 0 aliphatic heterocycles. The Hall–Kier alpha value is -2.89. The van der Waals surface area contributed by atoms with Gasteiger partial charge in [-0.25, -0.2) is 17.6 Å². The van der Waals surface area contributed by atoms with Crippen molar-refractivity contribution in [3.63, 3.8) is 0 Å². The molecule has 0 unspecified atom stereocenters. The first-order valence-electron chi connectivity index (χ1n) is 12.7. The molecular formula is C30H31F5O. The zero-order chi connectivity index (χ0) is 25.8. The molecule has 0 atom stereocenters. The van der Waals surface area contributed by atoms with E-state index in [1.54, 1.807) is 0 Å². The monoisotopic (exact) mass is 502 g/mol. The lowest BCUT2D eigenvalue weighted by molar-refractivity contribution is 0.303. The van der Waals surface area contributed by atoms with Crippen LogP contribution in [0.5, 0.6) is 11.5 Å². The fraction of sp³-hybridized carbons (Fsp3) is 0.400. The van der Waals surface area contributed by atoms with Crippen molar-refractivity contribution in [2.75, 3.05) is 0 Å². The predicted octanol–water partition coefficient (Wildman–Crippen LogP) is 10.0. The summed E-state index contributed by atoms with van der Waals surface area (Å²) in [5.41, 5.74) is 2.57. The minimum Gasteiger partial charge on any atom is -0.454 e. The van der Waals surface area contributed by atoms with Crippen LogP contribution in [0.25, 0.3) is 11.1 Å². The number of rotatable bonds is 8. The minimum atomic E-state index is -1.66. The summed E-state index contributed by atoms with van der Waals surface area (Å²) in [7, 11) is 0. The second-order valence-electron chi connectivity index (χ2n) is 9.81. The van der Waals surface area contributed by atoms with Crippen molar-refractivity contribution in [1.29, 1.82) is 0 Å². The van der Waals surface area contributed by atoms with E-state index in [0.29, 0.717) is 29.2 Å². The molecular weight excluding hydrogens is 471 g/mol. The third-order valence-electron chi connectivity index (χ3n) is 7.36. The third kappa shape index (κ3) is 5.74. The van der Waals surface area contributed by atoms with Gasteiger partial charge < -0.3 is 4.74 Å². The Morgan fingerprint density at radius 2 is 1.39 bits per heavy atom. The SMILES string of the molecule is CCCCC[C@H]1CC[C@H](c2ccc(-c3cc(F)c(F)c(Oc4cc(F)c(F)c(F)c4)c3C)cc2)CC1. The van der Waals surface area contributed by atoms with Crippen molar-refractivity contribution in [1.82, 2.24) is 0 Å². The van der Waals surface area contributed by atoms with Gasteiger partial charge in [0.25, 0.3) is 0 Å². The molecule has 0 heterocycles. The fourth-order valence-electron chi connectivity index (χ4n) is 5.23. The van der Waals surface area contributed by atoms with Gasteiger partial charge in [-0.2, -0.15) is 4.39 Å². The van der Waals surface area contributed by atoms with Crippen LogP contribution in [0.4, 0.5) is 22.0 Å². The molecule has 36 heavy (non-hydrogen) atoms. The first-order chi connectivity index (χ1) is 17.3. The second kappa shape index (κ2) is 11.4. The van der Waals surface area contributed by atoms with Gasteiger partial charge in [-0.15, -0.1) is 0 Å². The van der Waals surface area contributed by atoms with Gasteiger partial charge in [-0.1, -0.05) is 56.9 Å². The molecule has 3 aromatic rings. The van der Waals surface area contributed by atoms with Gasteiger partial charge in [-0.3, -0.25) is 0 Å². The first-order valence-corrected chi connectivity index (χ1v) is 12.7. The second-order valence-corrected chi connectivity index (χ2v) is 9.81. The first kappa shape index (κ1) is 26.2. The van der Waals surface area contributed by atoms with Crippen molar-refractivity contribution in [2.24, 2.45) is 5.92 Å². The van der Waals surface area contributed by atoms with Crippen LogP contribution >= 0.6 is 0 Å². The Balaban J connectivity index is 1.52. The van der Waals surface area contributed by atoms with Crippen LogP contribution in [0.2, 0.25) is 0 Å². The van der Waals surface area contributed by atoms with Crippen LogP contribution in [0.3, 0.4) is 0 Å². The smallest absolute Gasteiger partial charge is 0.201 e. The summed E-state index contributed by atoms with van der Waals surface area (Å²) >= 11 is 0. The zero-order valence-corrected chi connectivity index (χ0v) is 20.7. The van der Waals surface area contributed by atoms with Crippen LogP contribution in [0.15, 0.2) is 42.5 Å². The topological polar surface area (TPSA) is 9.23 Å². The Kier molecular flexibility index (Phi) is 8.32. The molecule has 1 aliphatic rings. The predicted molar refractivity (Wildman–Crippen MR) is 132 cm³/mol. The van der Waals surface area contributed by atoms with Crippen LogP contribution in [-0.4, -0.2) is 0 Å². The molecule has 6 heteroatoms. The molecule has 1 aliphatic carbocycles. The van der Waals surface area contributed by atoms with E-state index in [2.05, 4.69) is 6.92 Å². The number of benzene rings is 3. The van der Waals surface area contributed by atoms with E-state index in [1.807, 2.05) is 24.3 Å². The summed E-state index contributed by atoms with van der Waals surface area (Å²) < 4.78 is 74.8. The highest BCUT2D eigenvalue weighted by Crippen LogP contribution is 2.40. The van der Waals surface area contributed by atoms with E-state index in [0.717, 1.165) is 24.8 Å². The van der Waals surface area contributed by atoms with Crippen LogP contribution in [0.1, 0.15) is 75.3 Å². The molecule has 0 bridgehead atoms. The highest BCUT2D eigenvalue weighted by Gasteiger charge is 2.23. The summed E-state index contributed by atoms with van der Waals surface area (Å²) in [5, 5.41) is 0.